The molecule has 0 radical (unpaired) electrons. The summed E-state index contributed by atoms with van der Waals surface area (Å²) in [5.41, 5.74) is 1.91. The fraction of sp³-hybridized carbons (Fsp3) is 0.462. The second-order valence-electron chi connectivity index (χ2n) is 4.26. The molecule has 1 unspecified atom stereocenters. The zero-order valence-corrected chi connectivity index (χ0v) is 10.6. The first-order valence-corrected chi connectivity index (χ1v) is 5.86. The van der Waals surface area contributed by atoms with Crippen LogP contribution in [0.4, 0.5) is 0 Å². The van der Waals surface area contributed by atoms with Gasteiger partial charge in [0.05, 0.1) is 5.92 Å². The fourth-order valence-corrected chi connectivity index (χ4v) is 2.14. The van der Waals surface area contributed by atoms with Crippen LogP contribution in [-0.4, -0.2) is 11.1 Å². The van der Waals surface area contributed by atoms with Crippen LogP contribution in [0.5, 0.6) is 0 Å². The monoisotopic (exact) mass is 240 g/mol. The Bertz CT molecular complexity index is 386. The van der Waals surface area contributed by atoms with Gasteiger partial charge in [-0.1, -0.05) is 38.4 Å². The Balaban J connectivity index is 3.26. The van der Waals surface area contributed by atoms with Crippen molar-refractivity contribution in [3.05, 3.63) is 34.3 Å². The Hall–Kier alpha value is -1.02. The molecule has 0 fully saturated rings. The molecule has 0 bridgehead atoms. The van der Waals surface area contributed by atoms with Crippen molar-refractivity contribution >= 4 is 17.6 Å². The quantitative estimate of drug-likeness (QED) is 0.871. The van der Waals surface area contributed by atoms with E-state index in [0.29, 0.717) is 5.02 Å². The van der Waals surface area contributed by atoms with Gasteiger partial charge in [-0.2, -0.15) is 0 Å². The van der Waals surface area contributed by atoms with Crippen molar-refractivity contribution in [2.45, 2.75) is 33.1 Å². The van der Waals surface area contributed by atoms with Crippen LogP contribution in [0.3, 0.4) is 0 Å². The molecule has 1 aromatic carbocycles. The summed E-state index contributed by atoms with van der Waals surface area (Å²) >= 11 is 5.93. The molecule has 88 valence electrons. The summed E-state index contributed by atoms with van der Waals surface area (Å²) in [6, 6.07) is 5.50. The molecule has 0 aliphatic carbocycles. The highest BCUT2D eigenvalue weighted by Gasteiger charge is 2.25. The lowest BCUT2D eigenvalue weighted by Gasteiger charge is -2.20. The molecule has 0 saturated heterocycles. The highest BCUT2D eigenvalue weighted by Crippen LogP contribution is 2.30. The van der Waals surface area contributed by atoms with Gasteiger partial charge in [-0.05, 0) is 35.6 Å². The molecule has 0 aliphatic heterocycles. The van der Waals surface area contributed by atoms with Crippen LogP contribution in [0.1, 0.15) is 37.8 Å². The van der Waals surface area contributed by atoms with Crippen LogP contribution in [0, 0.1) is 5.92 Å². The Kier molecular flexibility index (Phi) is 4.36. The van der Waals surface area contributed by atoms with Crippen molar-refractivity contribution in [3.63, 3.8) is 0 Å². The van der Waals surface area contributed by atoms with Gasteiger partial charge in [-0.3, -0.25) is 4.79 Å². The smallest absolute Gasteiger partial charge is 0.311 e. The number of carbonyl (C=O) groups is 1. The number of hydrogen-bond acceptors (Lipinski definition) is 1. The van der Waals surface area contributed by atoms with Crippen molar-refractivity contribution < 1.29 is 9.90 Å². The molecule has 1 aromatic rings. The third-order valence-corrected chi connectivity index (χ3v) is 2.99. The molecule has 1 rings (SSSR count). The molecule has 0 saturated carbocycles. The van der Waals surface area contributed by atoms with Crippen LogP contribution in [-0.2, 0) is 11.2 Å². The molecule has 0 amide bonds. The summed E-state index contributed by atoms with van der Waals surface area (Å²) in [7, 11) is 0. The molecule has 3 heteroatoms. The number of hydrogen-bond donors (Lipinski definition) is 1. The molecule has 1 N–H and O–H groups in total. The number of halogens is 1. The van der Waals surface area contributed by atoms with Crippen LogP contribution < -0.4 is 0 Å². The van der Waals surface area contributed by atoms with Crippen molar-refractivity contribution in [2.24, 2.45) is 5.92 Å². The number of aryl methyl sites for hydroxylation is 1. The number of benzene rings is 1. The molecule has 0 spiro atoms. The Morgan fingerprint density at radius 2 is 2.06 bits per heavy atom. The fourth-order valence-electron chi connectivity index (χ4n) is 1.95. The minimum absolute atomic E-state index is 0.0567. The lowest BCUT2D eigenvalue weighted by molar-refractivity contribution is -0.139. The third-order valence-electron chi connectivity index (χ3n) is 2.76. The molecule has 2 nitrogen and oxygen atoms in total. The SMILES string of the molecule is CCc1ccc(Cl)cc1C(C(=O)O)C(C)C. The van der Waals surface area contributed by atoms with E-state index in [4.69, 9.17) is 11.6 Å². The maximum Gasteiger partial charge on any atom is 0.311 e. The average Bonchev–Trinajstić information content (AvgIpc) is 2.17. The summed E-state index contributed by atoms with van der Waals surface area (Å²) in [5.74, 6) is -1.21. The van der Waals surface area contributed by atoms with Gasteiger partial charge in [0.15, 0.2) is 0 Å². The highest BCUT2D eigenvalue weighted by atomic mass is 35.5. The van der Waals surface area contributed by atoms with E-state index in [2.05, 4.69) is 0 Å². The van der Waals surface area contributed by atoms with Gasteiger partial charge in [0, 0.05) is 5.02 Å². The minimum atomic E-state index is -0.785. The van der Waals surface area contributed by atoms with Gasteiger partial charge in [0.25, 0.3) is 0 Å². The first-order chi connectivity index (χ1) is 7.47. The number of carboxylic acid groups (broad SMARTS) is 1. The van der Waals surface area contributed by atoms with Gasteiger partial charge in [0.1, 0.15) is 0 Å². The van der Waals surface area contributed by atoms with Gasteiger partial charge in [-0.25, -0.2) is 0 Å². The van der Waals surface area contributed by atoms with E-state index in [-0.39, 0.29) is 5.92 Å². The number of aliphatic carboxylic acids is 1. The first kappa shape index (κ1) is 13.0. The van der Waals surface area contributed by atoms with Crippen LogP contribution in [0.25, 0.3) is 0 Å². The van der Waals surface area contributed by atoms with Crippen LogP contribution in [0.2, 0.25) is 5.02 Å². The topological polar surface area (TPSA) is 37.3 Å². The molecule has 0 aliphatic rings. The maximum atomic E-state index is 11.3. The maximum absolute atomic E-state index is 11.3. The summed E-state index contributed by atoms with van der Waals surface area (Å²) in [5, 5.41) is 9.86. The van der Waals surface area contributed by atoms with Gasteiger partial charge in [0.2, 0.25) is 0 Å². The van der Waals surface area contributed by atoms with E-state index in [1.54, 1.807) is 6.07 Å². The zero-order chi connectivity index (χ0) is 12.3. The normalized spacial score (nSPS) is 12.8. The zero-order valence-electron chi connectivity index (χ0n) is 9.83. The van der Waals surface area contributed by atoms with E-state index in [1.165, 1.54) is 0 Å². The van der Waals surface area contributed by atoms with E-state index in [1.807, 2.05) is 32.9 Å². The van der Waals surface area contributed by atoms with Crippen molar-refractivity contribution in [2.75, 3.05) is 0 Å². The van der Waals surface area contributed by atoms with E-state index >= 15 is 0 Å². The number of rotatable bonds is 4. The lowest BCUT2D eigenvalue weighted by atomic mass is 9.85. The Morgan fingerprint density at radius 1 is 1.44 bits per heavy atom. The molecule has 1 atom stereocenters. The van der Waals surface area contributed by atoms with E-state index in [0.717, 1.165) is 17.5 Å². The summed E-state index contributed by atoms with van der Waals surface area (Å²) in [6.07, 6.45) is 0.822. The second-order valence-corrected chi connectivity index (χ2v) is 4.69. The van der Waals surface area contributed by atoms with Crippen molar-refractivity contribution in [3.8, 4) is 0 Å². The standard InChI is InChI=1S/C13H17ClO2/c1-4-9-5-6-10(14)7-11(9)12(8(2)3)13(15)16/h5-8,12H,4H2,1-3H3,(H,15,16). The lowest BCUT2D eigenvalue weighted by Crippen LogP contribution is -2.19. The van der Waals surface area contributed by atoms with Crippen LogP contribution >= 0.6 is 11.6 Å². The third kappa shape index (κ3) is 2.76. The largest absolute Gasteiger partial charge is 0.481 e. The molecule has 0 heterocycles. The van der Waals surface area contributed by atoms with Gasteiger partial charge < -0.3 is 5.11 Å². The highest BCUT2D eigenvalue weighted by molar-refractivity contribution is 6.30. The van der Waals surface area contributed by atoms with Gasteiger partial charge >= 0.3 is 5.97 Å². The Labute approximate surface area is 101 Å². The molecule has 16 heavy (non-hydrogen) atoms. The number of carboxylic acids is 1. The first-order valence-electron chi connectivity index (χ1n) is 5.48. The van der Waals surface area contributed by atoms with Crippen LogP contribution in [0.15, 0.2) is 18.2 Å². The van der Waals surface area contributed by atoms with Crippen molar-refractivity contribution in [1.29, 1.82) is 0 Å². The minimum Gasteiger partial charge on any atom is -0.481 e. The predicted molar refractivity (Wildman–Crippen MR) is 66.0 cm³/mol. The summed E-state index contributed by atoms with van der Waals surface area (Å²) in [6.45, 7) is 5.85. The summed E-state index contributed by atoms with van der Waals surface area (Å²) < 4.78 is 0. The molecular formula is C13H17ClO2. The van der Waals surface area contributed by atoms with E-state index in [9.17, 15) is 9.90 Å². The molecular weight excluding hydrogens is 224 g/mol. The average molecular weight is 241 g/mol. The summed E-state index contributed by atoms with van der Waals surface area (Å²) in [4.78, 5) is 11.3. The predicted octanol–water partition coefficient (Wildman–Crippen LogP) is 3.73. The second kappa shape index (κ2) is 5.35. The van der Waals surface area contributed by atoms with E-state index < -0.39 is 11.9 Å². The molecule has 0 aromatic heterocycles. The van der Waals surface area contributed by atoms with Crippen molar-refractivity contribution in [1.82, 2.24) is 0 Å². The Morgan fingerprint density at radius 3 is 2.50 bits per heavy atom. The van der Waals surface area contributed by atoms with Gasteiger partial charge in [-0.15, -0.1) is 0 Å².